The third kappa shape index (κ3) is 5.20. The largest absolute Gasteiger partial charge is 0.495 e. The third-order valence-electron chi connectivity index (χ3n) is 6.23. The van der Waals surface area contributed by atoms with Crippen molar-refractivity contribution in [3.8, 4) is 17.1 Å². The number of thiocarbonyl (C=S) groups is 1. The molecular formula is C27H25ClN4O4S2. The minimum atomic E-state index is -3.55. The summed E-state index contributed by atoms with van der Waals surface area (Å²) in [7, 11) is -2.07. The molecule has 8 nitrogen and oxygen atoms in total. The van der Waals surface area contributed by atoms with Crippen molar-refractivity contribution in [1.29, 1.82) is 0 Å². The van der Waals surface area contributed by atoms with E-state index in [-0.39, 0.29) is 6.04 Å². The Morgan fingerprint density at radius 2 is 1.95 bits per heavy atom. The number of furan rings is 1. The van der Waals surface area contributed by atoms with E-state index in [0.717, 1.165) is 23.1 Å². The van der Waals surface area contributed by atoms with Crippen LogP contribution in [0.3, 0.4) is 0 Å². The summed E-state index contributed by atoms with van der Waals surface area (Å²) in [6, 6.07) is 19.7. The Balaban J connectivity index is 1.61. The fraction of sp³-hybridized carbons (Fsp3) is 0.185. The van der Waals surface area contributed by atoms with Gasteiger partial charge in [-0.3, -0.25) is 9.71 Å². The van der Waals surface area contributed by atoms with Gasteiger partial charge in [0.15, 0.2) is 5.11 Å². The van der Waals surface area contributed by atoms with Gasteiger partial charge in [0.1, 0.15) is 23.3 Å². The first kappa shape index (κ1) is 26.0. The second-order valence-electron chi connectivity index (χ2n) is 8.92. The monoisotopic (exact) mass is 568 g/mol. The van der Waals surface area contributed by atoms with E-state index in [9.17, 15) is 8.42 Å². The van der Waals surface area contributed by atoms with E-state index < -0.39 is 16.1 Å². The number of benzene rings is 2. The van der Waals surface area contributed by atoms with Crippen LogP contribution >= 0.6 is 23.8 Å². The molecule has 2 N–H and O–H groups in total. The van der Waals surface area contributed by atoms with Crippen LogP contribution in [0.1, 0.15) is 29.1 Å². The highest BCUT2D eigenvalue weighted by Crippen LogP contribution is 2.44. The number of aromatic nitrogens is 1. The molecule has 0 aliphatic carbocycles. The number of nitrogens with one attached hydrogen (secondary N) is 2. The third-order valence-corrected chi connectivity index (χ3v) is 7.54. The average molecular weight is 569 g/mol. The summed E-state index contributed by atoms with van der Waals surface area (Å²) in [6.07, 6.45) is 2.81. The highest BCUT2D eigenvalue weighted by atomic mass is 35.5. The first-order chi connectivity index (χ1) is 18.1. The molecule has 0 bridgehead atoms. The van der Waals surface area contributed by atoms with Gasteiger partial charge >= 0.3 is 0 Å². The predicted octanol–water partition coefficient (Wildman–Crippen LogP) is 5.86. The fourth-order valence-electron chi connectivity index (χ4n) is 4.46. The van der Waals surface area contributed by atoms with E-state index in [2.05, 4.69) is 15.0 Å². The second-order valence-corrected chi connectivity index (χ2v) is 11.5. The molecule has 1 fully saturated rings. The SMILES string of the molecule is COc1ccc(N2C(=S)N[C@@H](c3ccccn3)[C@@H]2c2ccc(-c3ccc(C)c(Cl)c3)o2)cc1NS(C)(=O)=O. The molecule has 1 saturated heterocycles. The lowest BCUT2D eigenvalue weighted by Crippen LogP contribution is -2.29. The lowest BCUT2D eigenvalue weighted by Gasteiger charge is -2.27. The Kier molecular flexibility index (Phi) is 7.04. The van der Waals surface area contributed by atoms with Crippen molar-refractivity contribution < 1.29 is 17.6 Å². The summed E-state index contributed by atoms with van der Waals surface area (Å²) in [5.41, 5.74) is 3.55. The highest BCUT2D eigenvalue weighted by Gasteiger charge is 2.42. The standard InChI is InChI=1S/C27H25ClN4O4S2/c1-16-7-8-17(14-19(16)28)22-11-12-24(36-22)26-25(20-6-4-5-13-29-20)30-27(37)32(26)18-9-10-23(35-2)21(15-18)31-38(3,33)34/h4-15,25-26,31H,1-3H3,(H,30,37)/t25-,26-/m0/s1. The minimum absolute atomic E-state index is 0.296. The zero-order valence-corrected chi connectivity index (χ0v) is 23.2. The number of anilines is 2. The van der Waals surface area contributed by atoms with Gasteiger partial charge in [-0.1, -0.05) is 29.8 Å². The van der Waals surface area contributed by atoms with E-state index in [1.165, 1.54) is 7.11 Å². The summed E-state index contributed by atoms with van der Waals surface area (Å²) in [4.78, 5) is 6.45. The Labute approximate surface area is 231 Å². The maximum absolute atomic E-state index is 12.0. The fourth-order valence-corrected chi connectivity index (χ4v) is 5.55. The normalized spacial score (nSPS) is 17.4. The number of nitrogens with zero attached hydrogens (tertiary/aromatic N) is 2. The van der Waals surface area contributed by atoms with Gasteiger partial charge in [-0.25, -0.2) is 8.42 Å². The van der Waals surface area contributed by atoms with Crippen molar-refractivity contribution in [2.45, 2.75) is 19.0 Å². The molecule has 0 amide bonds. The van der Waals surface area contributed by atoms with Crippen molar-refractivity contribution in [1.82, 2.24) is 10.3 Å². The second kappa shape index (κ2) is 10.3. The molecule has 196 valence electrons. The van der Waals surface area contributed by atoms with E-state index in [4.69, 9.17) is 33.0 Å². The molecule has 0 spiro atoms. The number of aryl methyl sites for hydroxylation is 1. The topological polar surface area (TPSA) is 96.7 Å². The summed E-state index contributed by atoms with van der Waals surface area (Å²) in [5, 5.41) is 4.47. The van der Waals surface area contributed by atoms with Gasteiger partial charge < -0.3 is 19.4 Å². The van der Waals surface area contributed by atoms with Crippen LogP contribution in [0.5, 0.6) is 5.75 Å². The van der Waals surface area contributed by atoms with Crippen molar-refractivity contribution >= 4 is 50.3 Å². The number of halogens is 1. The van der Waals surface area contributed by atoms with Crippen molar-refractivity contribution in [2.24, 2.45) is 0 Å². The first-order valence-corrected chi connectivity index (χ1v) is 14.3. The van der Waals surface area contributed by atoms with Gasteiger partial charge in [0.2, 0.25) is 10.0 Å². The average Bonchev–Trinajstić information content (AvgIpc) is 3.50. The number of methoxy groups -OCH3 is 1. The Morgan fingerprint density at radius 1 is 1.13 bits per heavy atom. The molecule has 5 rings (SSSR count). The van der Waals surface area contributed by atoms with E-state index >= 15 is 0 Å². The Morgan fingerprint density at radius 3 is 2.63 bits per heavy atom. The zero-order valence-electron chi connectivity index (χ0n) is 20.8. The van der Waals surface area contributed by atoms with Crippen LogP contribution in [0.15, 0.2) is 77.3 Å². The number of ether oxygens (including phenoxy) is 1. The molecule has 1 aliphatic heterocycles. The van der Waals surface area contributed by atoms with Gasteiger partial charge in [0.25, 0.3) is 0 Å². The van der Waals surface area contributed by atoms with E-state index in [1.807, 2.05) is 66.4 Å². The van der Waals surface area contributed by atoms with E-state index in [0.29, 0.717) is 38.8 Å². The molecule has 1 aliphatic rings. The van der Waals surface area contributed by atoms with Gasteiger partial charge in [0.05, 0.1) is 30.8 Å². The number of sulfonamides is 1. The van der Waals surface area contributed by atoms with Crippen LogP contribution in [-0.2, 0) is 10.0 Å². The summed E-state index contributed by atoms with van der Waals surface area (Å²) >= 11 is 12.1. The molecule has 0 radical (unpaired) electrons. The maximum atomic E-state index is 12.0. The molecule has 2 aromatic heterocycles. The molecule has 38 heavy (non-hydrogen) atoms. The van der Waals surface area contributed by atoms with Crippen molar-refractivity contribution in [3.63, 3.8) is 0 Å². The first-order valence-electron chi connectivity index (χ1n) is 11.7. The highest BCUT2D eigenvalue weighted by molar-refractivity contribution is 7.92. The maximum Gasteiger partial charge on any atom is 0.229 e. The predicted molar refractivity (Wildman–Crippen MR) is 153 cm³/mol. The summed E-state index contributed by atoms with van der Waals surface area (Å²) in [5.74, 6) is 1.69. The van der Waals surface area contributed by atoms with Crippen LogP contribution in [0.25, 0.3) is 11.3 Å². The Bertz CT molecular complexity index is 1610. The van der Waals surface area contributed by atoms with Crippen LogP contribution in [0, 0.1) is 6.92 Å². The zero-order chi connectivity index (χ0) is 27.0. The molecule has 0 saturated carbocycles. The lowest BCUT2D eigenvalue weighted by molar-refractivity contribution is 0.416. The lowest BCUT2D eigenvalue weighted by atomic mass is 10.0. The van der Waals surface area contributed by atoms with Gasteiger partial charge in [-0.05, 0) is 73.2 Å². The summed E-state index contributed by atoms with van der Waals surface area (Å²) < 4.78 is 38.3. The smallest absolute Gasteiger partial charge is 0.229 e. The van der Waals surface area contributed by atoms with Crippen molar-refractivity contribution in [3.05, 3.63) is 95.0 Å². The van der Waals surface area contributed by atoms with Crippen LogP contribution < -0.4 is 19.7 Å². The number of hydrogen-bond donors (Lipinski definition) is 2. The molecular weight excluding hydrogens is 544 g/mol. The van der Waals surface area contributed by atoms with Crippen LogP contribution in [0.2, 0.25) is 5.02 Å². The van der Waals surface area contributed by atoms with Crippen LogP contribution in [0.4, 0.5) is 11.4 Å². The number of rotatable bonds is 7. The molecule has 4 aromatic rings. The quantitative estimate of drug-likeness (QED) is 0.268. The van der Waals surface area contributed by atoms with E-state index in [1.54, 1.807) is 18.3 Å². The molecule has 0 unspecified atom stereocenters. The van der Waals surface area contributed by atoms with Gasteiger partial charge in [-0.2, -0.15) is 0 Å². The number of hydrogen-bond acceptors (Lipinski definition) is 6. The Hall–Kier alpha value is -3.60. The molecule has 11 heteroatoms. The molecule has 2 aromatic carbocycles. The summed E-state index contributed by atoms with van der Waals surface area (Å²) in [6.45, 7) is 1.95. The molecule has 2 atom stereocenters. The minimum Gasteiger partial charge on any atom is -0.495 e. The van der Waals surface area contributed by atoms with Gasteiger partial charge in [0, 0.05) is 22.5 Å². The number of pyridine rings is 1. The van der Waals surface area contributed by atoms with Gasteiger partial charge in [-0.15, -0.1) is 0 Å². The van der Waals surface area contributed by atoms with Crippen LogP contribution in [-0.4, -0.2) is 31.9 Å². The molecule has 3 heterocycles. The van der Waals surface area contributed by atoms with Crippen molar-refractivity contribution in [2.75, 3.05) is 23.0 Å².